The summed E-state index contributed by atoms with van der Waals surface area (Å²) < 4.78 is 0. The largest absolute Gasteiger partial charge is 0.310 e. The fourth-order valence-electron chi connectivity index (χ4n) is 2.36. The van der Waals surface area contributed by atoms with Crippen molar-refractivity contribution in [3.63, 3.8) is 0 Å². The number of hydrogen-bond acceptors (Lipinski definition) is 4. The Hall–Kier alpha value is -0.450. The Labute approximate surface area is 108 Å². The van der Waals surface area contributed by atoms with E-state index >= 15 is 0 Å². The molecule has 0 bridgehead atoms. The number of rotatable bonds is 3. The van der Waals surface area contributed by atoms with E-state index in [0.717, 1.165) is 25.3 Å². The van der Waals surface area contributed by atoms with Crippen molar-refractivity contribution in [2.45, 2.75) is 45.7 Å². The fraction of sp³-hybridized carbons (Fsp3) is 0.769. The third kappa shape index (κ3) is 3.50. The molecule has 17 heavy (non-hydrogen) atoms. The van der Waals surface area contributed by atoms with Crippen LogP contribution in [-0.4, -0.2) is 35.1 Å². The van der Waals surface area contributed by atoms with Crippen molar-refractivity contribution in [3.8, 4) is 0 Å². The summed E-state index contributed by atoms with van der Waals surface area (Å²) in [6.07, 6.45) is 2.42. The van der Waals surface area contributed by atoms with Gasteiger partial charge in [0.15, 0.2) is 0 Å². The van der Waals surface area contributed by atoms with Crippen LogP contribution in [-0.2, 0) is 6.54 Å². The maximum absolute atomic E-state index is 4.57. The van der Waals surface area contributed by atoms with Gasteiger partial charge in [-0.3, -0.25) is 4.90 Å². The molecule has 0 spiro atoms. The Morgan fingerprint density at radius 3 is 3.06 bits per heavy atom. The van der Waals surface area contributed by atoms with Crippen LogP contribution in [0.5, 0.6) is 0 Å². The summed E-state index contributed by atoms with van der Waals surface area (Å²) >= 11 is 1.78. The number of nitrogens with one attached hydrogen (secondary N) is 1. The van der Waals surface area contributed by atoms with Gasteiger partial charge in [-0.2, -0.15) is 0 Å². The van der Waals surface area contributed by atoms with Gasteiger partial charge in [-0.15, -0.1) is 11.3 Å². The topological polar surface area (TPSA) is 28.2 Å². The van der Waals surface area contributed by atoms with E-state index < -0.39 is 0 Å². The molecule has 96 valence electrons. The minimum atomic E-state index is 0.267. The SMILES string of the molecule is CCC1(C)CN(Cc2nc(C)cs2)CCCN1. The highest BCUT2D eigenvalue weighted by molar-refractivity contribution is 7.09. The Morgan fingerprint density at radius 2 is 2.41 bits per heavy atom. The highest BCUT2D eigenvalue weighted by Gasteiger charge is 2.27. The molecule has 4 heteroatoms. The summed E-state index contributed by atoms with van der Waals surface area (Å²) in [5.41, 5.74) is 1.42. The number of nitrogens with zero attached hydrogens (tertiary/aromatic N) is 2. The second-order valence-corrected chi connectivity index (χ2v) is 6.23. The van der Waals surface area contributed by atoms with Crippen LogP contribution >= 0.6 is 11.3 Å². The molecule has 2 heterocycles. The van der Waals surface area contributed by atoms with Gasteiger partial charge in [-0.1, -0.05) is 6.92 Å². The monoisotopic (exact) mass is 253 g/mol. The normalized spacial score (nSPS) is 27.0. The standard InChI is InChI=1S/C13H23N3S/c1-4-13(3)10-16(7-5-6-14-13)8-12-15-11(2)9-17-12/h9,14H,4-8,10H2,1-3H3. The Morgan fingerprint density at radius 1 is 1.59 bits per heavy atom. The van der Waals surface area contributed by atoms with E-state index in [2.05, 4.69) is 41.4 Å². The maximum Gasteiger partial charge on any atom is 0.107 e. The van der Waals surface area contributed by atoms with Gasteiger partial charge in [0.25, 0.3) is 0 Å². The van der Waals surface area contributed by atoms with Crippen LogP contribution < -0.4 is 5.32 Å². The molecule has 1 fully saturated rings. The second kappa shape index (κ2) is 5.46. The van der Waals surface area contributed by atoms with Crippen molar-refractivity contribution >= 4 is 11.3 Å². The molecule has 0 saturated carbocycles. The van der Waals surface area contributed by atoms with Crippen molar-refractivity contribution in [1.82, 2.24) is 15.2 Å². The van der Waals surface area contributed by atoms with E-state index in [1.54, 1.807) is 11.3 Å². The molecule has 3 nitrogen and oxygen atoms in total. The van der Waals surface area contributed by atoms with Gasteiger partial charge in [-0.25, -0.2) is 4.98 Å². The summed E-state index contributed by atoms with van der Waals surface area (Å²) in [4.78, 5) is 7.11. The molecule has 1 aromatic heterocycles. The molecule has 0 aromatic carbocycles. The Bertz CT molecular complexity index is 363. The fourth-order valence-corrected chi connectivity index (χ4v) is 3.17. The van der Waals surface area contributed by atoms with Gasteiger partial charge in [0, 0.05) is 23.2 Å². The lowest BCUT2D eigenvalue weighted by atomic mass is 9.99. The summed E-state index contributed by atoms with van der Waals surface area (Å²) in [6, 6.07) is 0. The number of aromatic nitrogens is 1. The van der Waals surface area contributed by atoms with Crippen LogP contribution in [0.2, 0.25) is 0 Å². The first-order chi connectivity index (χ1) is 8.11. The average Bonchev–Trinajstić information content (AvgIpc) is 2.59. The highest BCUT2D eigenvalue weighted by atomic mass is 32.1. The van der Waals surface area contributed by atoms with Crippen LogP contribution in [0.3, 0.4) is 0 Å². The van der Waals surface area contributed by atoms with Gasteiger partial charge in [0.2, 0.25) is 0 Å². The van der Waals surface area contributed by atoms with E-state index in [-0.39, 0.29) is 5.54 Å². The zero-order valence-electron chi connectivity index (χ0n) is 11.1. The summed E-state index contributed by atoms with van der Waals surface area (Å²) in [5.74, 6) is 0. The number of hydrogen-bond donors (Lipinski definition) is 1. The number of aryl methyl sites for hydroxylation is 1. The highest BCUT2D eigenvalue weighted by Crippen LogP contribution is 2.18. The van der Waals surface area contributed by atoms with Crippen molar-refractivity contribution in [3.05, 3.63) is 16.1 Å². The van der Waals surface area contributed by atoms with E-state index in [1.165, 1.54) is 24.4 Å². The first kappa shape index (κ1) is 13.0. The predicted octanol–water partition coefficient (Wildman–Crippen LogP) is 2.42. The van der Waals surface area contributed by atoms with Crippen LogP contribution in [0.1, 0.15) is 37.4 Å². The smallest absolute Gasteiger partial charge is 0.107 e. The average molecular weight is 253 g/mol. The minimum absolute atomic E-state index is 0.267. The van der Waals surface area contributed by atoms with E-state index in [1.807, 2.05) is 0 Å². The van der Waals surface area contributed by atoms with Gasteiger partial charge in [-0.05, 0) is 39.8 Å². The summed E-state index contributed by atoms with van der Waals surface area (Å²) in [5, 5.41) is 7.07. The minimum Gasteiger partial charge on any atom is -0.310 e. The predicted molar refractivity (Wildman–Crippen MR) is 73.4 cm³/mol. The van der Waals surface area contributed by atoms with Crippen molar-refractivity contribution in [2.75, 3.05) is 19.6 Å². The Balaban J connectivity index is 1.99. The Kier molecular flexibility index (Phi) is 4.17. The lowest BCUT2D eigenvalue weighted by Gasteiger charge is -2.32. The third-order valence-electron chi connectivity index (χ3n) is 3.58. The van der Waals surface area contributed by atoms with Crippen molar-refractivity contribution < 1.29 is 0 Å². The molecule has 1 N–H and O–H groups in total. The van der Waals surface area contributed by atoms with Crippen LogP contribution in [0.4, 0.5) is 0 Å². The molecule has 1 unspecified atom stereocenters. The number of thiazole rings is 1. The lowest BCUT2D eigenvalue weighted by Crippen LogP contribution is -2.48. The molecular weight excluding hydrogens is 230 g/mol. The van der Waals surface area contributed by atoms with Crippen molar-refractivity contribution in [1.29, 1.82) is 0 Å². The van der Waals surface area contributed by atoms with Crippen LogP contribution in [0.15, 0.2) is 5.38 Å². The van der Waals surface area contributed by atoms with Gasteiger partial charge in [0.05, 0.1) is 6.54 Å². The summed E-state index contributed by atoms with van der Waals surface area (Å²) in [6.45, 7) is 11.1. The quantitative estimate of drug-likeness (QED) is 0.896. The molecular formula is C13H23N3S. The third-order valence-corrected chi connectivity index (χ3v) is 4.53. The molecule has 0 aliphatic carbocycles. The maximum atomic E-state index is 4.57. The van der Waals surface area contributed by atoms with E-state index in [4.69, 9.17) is 0 Å². The van der Waals surface area contributed by atoms with Gasteiger partial charge >= 0.3 is 0 Å². The van der Waals surface area contributed by atoms with E-state index in [0.29, 0.717) is 0 Å². The molecule has 1 atom stereocenters. The molecule has 0 radical (unpaired) electrons. The van der Waals surface area contributed by atoms with Gasteiger partial charge < -0.3 is 5.32 Å². The molecule has 1 saturated heterocycles. The molecule has 1 aliphatic heterocycles. The van der Waals surface area contributed by atoms with Gasteiger partial charge in [0.1, 0.15) is 5.01 Å². The van der Waals surface area contributed by atoms with Crippen LogP contribution in [0.25, 0.3) is 0 Å². The molecule has 0 amide bonds. The van der Waals surface area contributed by atoms with E-state index in [9.17, 15) is 0 Å². The summed E-state index contributed by atoms with van der Waals surface area (Å²) in [7, 11) is 0. The first-order valence-corrected chi connectivity index (χ1v) is 7.38. The lowest BCUT2D eigenvalue weighted by molar-refractivity contribution is 0.208. The first-order valence-electron chi connectivity index (χ1n) is 6.50. The van der Waals surface area contributed by atoms with Crippen LogP contribution in [0, 0.1) is 6.92 Å². The molecule has 2 rings (SSSR count). The second-order valence-electron chi connectivity index (χ2n) is 5.29. The molecule has 1 aliphatic rings. The zero-order chi connectivity index (χ0) is 12.3. The molecule has 1 aromatic rings. The van der Waals surface area contributed by atoms with Crippen molar-refractivity contribution in [2.24, 2.45) is 0 Å². The zero-order valence-corrected chi connectivity index (χ0v) is 11.9.